The molecule has 1 N–H and O–H groups in total. The van der Waals surface area contributed by atoms with E-state index in [9.17, 15) is 12.8 Å². The summed E-state index contributed by atoms with van der Waals surface area (Å²) in [5, 5.41) is 2.70. The van der Waals surface area contributed by atoms with Gasteiger partial charge in [0.1, 0.15) is 5.82 Å². The number of hydrogen-bond acceptors (Lipinski definition) is 3. The summed E-state index contributed by atoms with van der Waals surface area (Å²) in [6, 6.07) is 2.63. The third kappa shape index (κ3) is 2.52. The summed E-state index contributed by atoms with van der Waals surface area (Å²) in [7, 11) is -1.79. The quantitative estimate of drug-likeness (QED) is 0.889. The molecule has 0 aliphatic heterocycles. The van der Waals surface area contributed by atoms with Crippen LogP contribution in [0.2, 0.25) is 0 Å². The molecule has 1 rings (SSSR count). The second-order valence-corrected chi connectivity index (χ2v) is 6.03. The lowest BCUT2D eigenvalue weighted by Crippen LogP contribution is -2.06. The van der Waals surface area contributed by atoms with E-state index in [0.29, 0.717) is 11.3 Å². The van der Waals surface area contributed by atoms with Gasteiger partial charge in [0.25, 0.3) is 0 Å². The predicted octanol–water partition coefficient (Wildman–Crippen LogP) is 2.39. The van der Waals surface area contributed by atoms with Crippen LogP contribution in [0.3, 0.4) is 0 Å². The molecule has 1 aromatic carbocycles. The molecule has 0 spiro atoms. The highest BCUT2D eigenvalue weighted by molar-refractivity contribution is 7.90. The van der Waals surface area contributed by atoms with Crippen LogP contribution in [0, 0.1) is 5.82 Å². The van der Waals surface area contributed by atoms with Crippen molar-refractivity contribution in [3.8, 4) is 0 Å². The third-order valence-corrected chi connectivity index (χ3v) is 3.54. The molecule has 0 aliphatic rings. The van der Waals surface area contributed by atoms with Gasteiger partial charge in [0.05, 0.1) is 10.6 Å². The van der Waals surface area contributed by atoms with Crippen molar-refractivity contribution in [2.24, 2.45) is 0 Å². The highest BCUT2D eigenvalue weighted by Gasteiger charge is 2.18. The van der Waals surface area contributed by atoms with Crippen molar-refractivity contribution in [3.63, 3.8) is 0 Å². The van der Waals surface area contributed by atoms with Crippen LogP contribution in [0.5, 0.6) is 0 Å². The van der Waals surface area contributed by atoms with E-state index < -0.39 is 15.7 Å². The van der Waals surface area contributed by atoms with E-state index in [0.717, 1.165) is 12.3 Å². The van der Waals surface area contributed by atoms with Crippen LogP contribution < -0.4 is 5.32 Å². The standard InChI is InChI=1S/C11H16FNO2S/c1-7(2)8-5-10(13-3)9(12)6-11(8)16(4,14)15/h5-7,13H,1-4H3. The Morgan fingerprint density at radius 2 is 1.88 bits per heavy atom. The Bertz CT molecular complexity index is 495. The van der Waals surface area contributed by atoms with E-state index in [1.807, 2.05) is 13.8 Å². The molecule has 0 amide bonds. The molecule has 0 atom stereocenters. The van der Waals surface area contributed by atoms with E-state index in [1.54, 1.807) is 13.1 Å². The van der Waals surface area contributed by atoms with E-state index in [-0.39, 0.29) is 10.8 Å². The maximum absolute atomic E-state index is 13.5. The van der Waals surface area contributed by atoms with Gasteiger partial charge in [-0.05, 0) is 23.6 Å². The highest BCUT2D eigenvalue weighted by Crippen LogP contribution is 2.29. The maximum atomic E-state index is 13.5. The molecule has 16 heavy (non-hydrogen) atoms. The van der Waals surface area contributed by atoms with Crippen molar-refractivity contribution in [1.29, 1.82) is 0 Å². The summed E-state index contributed by atoms with van der Waals surface area (Å²) in [5.74, 6) is -0.523. The van der Waals surface area contributed by atoms with Gasteiger partial charge in [-0.1, -0.05) is 13.8 Å². The molecule has 0 saturated heterocycles. The fraction of sp³-hybridized carbons (Fsp3) is 0.455. The minimum Gasteiger partial charge on any atom is -0.386 e. The van der Waals surface area contributed by atoms with Crippen molar-refractivity contribution in [3.05, 3.63) is 23.5 Å². The SMILES string of the molecule is CNc1cc(C(C)C)c(S(C)(=O)=O)cc1F. The molecule has 0 aromatic heterocycles. The summed E-state index contributed by atoms with van der Waals surface area (Å²) < 4.78 is 36.5. The molecule has 0 saturated carbocycles. The molecule has 0 aliphatic carbocycles. The number of sulfone groups is 1. The number of hydrogen-bond donors (Lipinski definition) is 1. The summed E-state index contributed by atoms with van der Waals surface area (Å²) >= 11 is 0. The Morgan fingerprint density at radius 1 is 1.31 bits per heavy atom. The third-order valence-electron chi connectivity index (χ3n) is 2.39. The first-order valence-corrected chi connectivity index (χ1v) is 6.87. The van der Waals surface area contributed by atoms with Crippen molar-refractivity contribution in [2.75, 3.05) is 18.6 Å². The Kier molecular flexibility index (Phi) is 3.57. The second-order valence-electron chi connectivity index (χ2n) is 4.05. The molecule has 0 bridgehead atoms. The smallest absolute Gasteiger partial charge is 0.175 e. The first kappa shape index (κ1) is 13.0. The van der Waals surface area contributed by atoms with Crippen molar-refractivity contribution in [1.82, 2.24) is 0 Å². The normalized spacial score (nSPS) is 11.9. The first-order valence-electron chi connectivity index (χ1n) is 4.98. The van der Waals surface area contributed by atoms with Gasteiger partial charge in [0, 0.05) is 13.3 Å². The summed E-state index contributed by atoms with van der Waals surface area (Å²) in [6.45, 7) is 3.75. The monoisotopic (exact) mass is 245 g/mol. The fourth-order valence-electron chi connectivity index (χ4n) is 1.54. The Balaban J connectivity index is 3.55. The predicted molar refractivity (Wildman–Crippen MR) is 63.1 cm³/mol. The minimum atomic E-state index is -3.39. The highest BCUT2D eigenvalue weighted by atomic mass is 32.2. The number of halogens is 1. The van der Waals surface area contributed by atoms with Crippen molar-refractivity contribution >= 4 is 15.5 Å². The molecule has 1 aromatic rings. The lowest BCUT2D eigenvalue weighted by atomic mass is 10.0. The molecule has 0 fully saturated rings. The molecule has 0 radical (unpaired) electrons. The van der Waals surface area contributed by atoms with Crippen LogP contribution in [0.4, 0.5) is 10.1 Å². The molecular formula is C11H16FNO2S. The molecular weight excluding hydrogens is 229 g/mol. The number of anilines is 1. The minimum absolute atomic E-state index is 0.0254. The zero-order chi connectivity index (χ0) is 12.5. The van der Waals surface area contributed by atoms with Crippen molar-refractivity contribution in [2.45, 2.75) is 24.7 Å². The lowest BCUT2D eigenvalue weighted by molar-refractivity contribution is 0.593. The summed E-state index contributed by atoms with van der Waals surface area (Å²) in [5.41, 5.74) is 0.948. The van der Waals surface area contributed by atoms with Crippen LogP contribution in [-0.4, -0.2) is 21.7 Å². The van der Waals surface area contributed by atoms with Gasteiger partial charge in [-0.25, -0.2) is 12.8 Å². The van der Waals surface area contributed by atoms with Gasteiger partial charge < -0.3 is 5.32 Å². The van der Waals surface area contributed by atoms with Crippen LogP contribution in [-0.2, 0) is 9.84 Å². The summed E-state index contributed by atoms with van der Waals surface area (Å²) in [4.78, 5) is 0.0685. The zero-order valence-electron chi connectivity index (χ0n) is 9.83. The Morgan fingerprint density at radius 3 is 2.25 bits per heavy atom. The van der Waals surface area contributed by atoms with E-state index in [1.165, 1.54) is 0 Å². The van der Waals surface area contributed by atoms with E-state index >= 15 is 0 Å². The fourth-order valence-corrected chi connectivity index (χ4v) is 2.58. The van der Waals surface area contributed by atoms with Gasteiger partial charge in [0.2, 0.25) is 0 Å². The average Bonchev–Trinajstić information content (AvgIpc) is 2.15. The Hall–Kier alpha value is -1.10. The van der Waals surface area contributed by atoms with Gasteiger partial charge in [-0.2, -0.15) is 0 Å². The van der Waals surface area contributed by atoms with Crippen LogP contribution >= 0.6 is 0 Å². The maximum Gasteiger partial charge on any atom is 0.175 e. The topological polar surface area (TPSA) is 46.2 Å². The van der Waals surface area contributed by atoms with Gasteiger partial charge in [-0.3, -0.25) is 0 Å². The molecule has 0 unspecified atom stereocenters. The molecule has 3 nitrogen and oxygen atoms in total. The number of rotatable bonds is 3. The molecule has 0 heterocycles. The van der Waals surface area contributed by atoms with E-state index in [2.05, 4.69) is 5.32 Å². The van der Waals surface area contributed by atoms with Gasteiger partial charge >= 0.3 is 0 Å². The second kappa shape index (κ2) is 4.41. The first-order chi connectivity index (χ1) is 7.27. The summed E-state index contributed by atoms with van der Waals surface area (Å²) in [6.07, 6.45) is 1.09. The van der Waals surface area contributed by atoms with Crippen LogP contribution in [0.25, 0.3) is 0 Å². The van der Waals surface area contributed by atoms with Gasteiger partial charge in [-0.15, -0.1) is 0 Å². The molecule has 5 heteroatoms. The van der Waals surface area contributed by atoms with E-state index in [4.69, 9.17) is 0 Å². The average molecular weight is 245 g/mol. The van der Waals surface area contributed by atoms with Crippen LogP contribution in [0.15, 0.2) is 17.0 Å². The molecule has 90 valence electrons. The largest absolute Gasteiger partial charge is 0.386 e. The number of nitrogens with one attached hydrogen (secondary N) is 1. The van der Waals surface area contributed by atoms with Gasteiger partial charge in [0.15, 0.2) is 9.84 Å². The zero-order valence-corrected chi connectivity index (χ0v) is 10.7. The number of benzene rings is 1. The Labute approximate surface area is 95.6 Å². The lowest BCUT2D eigenvalue weighted by Gasteiger charge is -2.14. The van der Waals surface area contributed by atoms with Crippen molar-refractivity contribution < 1.29 is 12.8 Å². The van der Waals surface area contributed by atoms with Crippen LogP contribution in [0.1, 0.15) is 25.3 Å².